The Morgan fingerprint density at radius 2 is 1.81 bits per heavy atom. The van der Waals surface area contributed by atoms with E-state index in [4.69, 9.17) is 0 Å². The molecule has 0 bridgehead atoms. The summed E-state index contributed by atoms with van der Waals surface area (Å²) in [7, 11) is 0. The molecule has 1 aromatic rings. The fraction of sp³-hybridized carbons (Fsp3) is 0.267. The predicted molar refractivity (Wildman–Crippen MR) is 79.2 cm³/mol. The molecule has 0 unspecified atom stereocenters. The summed E-state index contributed by atoms with van der Waals surface area (Å²) in [4.78, 5) is 12.3. The van der Waals surface area contributed by atoms with Gasteiger partial charge in [0.2, 0.25) is 0 Å². The number of allylic oxidation sites excluding steroid dienone is 4. The number of amides is 1. The Morgan fingerprint density at radius 3 is 2.29 bits per heavy atom. The van der Waals surface area contributed by atoms with E-state index in [0.717, 1.165) is 12.0 Å². The van der Waals surface area contributed by atoms with E-state index < -0.39 is 24.0 Å². The molecule has 21 heavy (non-hydrogen) atoms. The summed E-state index contributed by atoms with van der Waals surface area (Å²) in [6.45, 7) is 6.04. The van der Waals surface area contributed by atoms with Crippen molar-refractivity contribution in [1.29, 1.82) is 0 Å². The van der Waals surface area contributed by atoms with Crippen LogP contribution in [0.3, 0.4) is 0 Å². The van der Waals surface area contributed by atoms with Gasteiger partial charge in [0.25, 0.3) is 0 Å². The van der Waals surface area contributed by atoms with Gasteiger partial charge in [-0.3, -0.25) is 0 Å². The molecule has 1 N–H and O–H groups in total. The third kappa shape index (κ3) is 5.76. The van der Waals surface area contributed by atoms with Crippen LogP contribution in [0.1, 0.15) is 23.7 Å². The largest absolute Gasteiger partial charge is 1.00 e. The Labute approximate surface area is 146 Å². The number of rotatable bonds is 4. The maximum Gasteiger partial charge on any atom is -1.00 e. The Balaban J connectivity index is 0.00000200. The SMILES string of the molecule is CC1=CC[C]([Ti+2]([NH]C(=O)c2ccccc2)[SiH](C)C)=C1.[Cl-].[Cl-]. The van der Waals surface area contributed by atoms with Gasteiger partial charge in [0.05, 0.1) is 0 Å². The summed E-state index contributed by atoms with van der Waals surface area (Å²) < 4.78 is 4.91. The minimum Gasteiger partial charge on any atom is -1.00 e. The van der Waals surface area contributed by atoms with Crippen LogP contribution in [0.15, 0.2) is 51.9 Å². The summed E-state index contributed by atoms with van der Waals surface area (Å²) in [6, 6.07) is 9.56. The zero-order valence-corrected chi connectivity index (χ0v) is 16.7. The average Bonchev–Trinajstić information content (AvgIpc) is 2.82. The number of nitrogens with one attached hydrogen (secondary N) is 1. The normalized spacial score (nSPS) is 12.8. The molecule has 0 spiro atoms. The number of carbonyl (C=O) groups is 1. The van der Waals surface area contributed by atoms with Crippen molar-refractivity contribution in [2.45, 2.75) is 26.4 Å². The molecule has 1 amide bonds. The van der Waals surface area contributed by atoms with E-state index >= 15 is 0 Å². The van der Waals surface area contributed by atoms with Crippen LogP contribution in [0.4, 0.5) is 0 Å². The molecular weight excluding hydrogens is 357 g/mol. The molecule has 0 radical (unpaired) electrons. The summed E-state index contributed by atoms with van der Waals surface area (Å²) in [5, 5.41) is 0. The van der Waals surface area contributed by atoms with Crippen molar-refractivity contribution < 1.29 is 47.0 Å². The molecule has 0 heterocycles. The Kier molecular flexibility index (Phi) is 9.50. The number of hydrogen-bond acceptors (Lipinski definition) is 1. The van der Waals surface area contributed by atoms with Crippen molar-refractivity contribution in [3.8, 4) is 0 Å². The average molecular weight is 377 g/mol. The quantitative estimate of drug-likeness (QED) is 0.564. The van der Waals surface area contributed by atoms with E-state index in [1.165, 1.54) is 9.45 Å². The van der Waals surface area contributed by atoms with Gasteiger partial charge in [-0.1, -0.05) is 0 Å². The Hall–Kier alpha value is -0.319. The van der Waals surface area contributed by atoms with Gasteiger partial charge in [-0.15, -0.1) is 0 Å². The van der Waals surface area contributed by atoms with Gasteiger partial charge >= 0.3 is 122 Å². The summed E-state index contributed by atoms with van der Waals surface area (Å²) >= 11 is -1.58. The second-order valence-corrected chi connectivity index (χ2v) is 18.0. The van der Waals surface area contributed by atoms with Crippen molar-refractivity contribution in [3.05, 3.63) is 57.5 Å². The molecule has 0 aromatic heterocycles. The molecule has 0 atom stereocenters. The molecular formula is C15H20Cl2NOSiTi. The first-order valence-corrected chi connectivity index (χ1v) is 13.8. The van der Waals surface area contributed by atoms with E-state index in [1.54, 1.807) is 0 Å². The van der Waals surface area contributed by atoms with Crippen LogP contribution in [-0.2, 0) is 17.4 Å². The van der Waals surface area contributed by atoms with Crippen molar-refractivity contribution >= 4 is 12.6 Å². The van der Waals surface area contributed by atoms with Crippen LogP contribution >= 0.6 is 0 Å². The van der Waals surface area contributed by atoms with Crippen LogP contribution in [0, 0.1) is 0 Å². The molecule has 0 saturated heterocycles. The van der Waals surface area contributed by atoms with Crippen molar-refractivity contribution in [1.82, 2.24) is 3.80 Å². The van der Waals surface area contributed by atoms with Crippen molar-refractivity contribution in [3.63, 3.8) is 0 Å². The van der Waals surface area contributed by atoms with Crippen LogP contribution in [0.25, 0.3) is 0 Å². The van der Waals surface area contributed by atoms with Crippen molar-refractivity contribution in [2.75, 3.05) is 0 Å². The summed E-state index contributed by atoms with van der Waals surface area (Å²) in [5.74, 6) is 0.113. The van der Waals surface area contributed by atoms with E-state index in [0.29, 0.717) is 0 Å². The minimum atomic E-state index is -1.58. The fourth-order valence-corrected chi connectivity index (χ4v) is 11.4. The number of benzene rings is 1. The van der Waals surface area contributed by atoms with Gasteiger partial charge in [0.15, 0.2) is 0 Å². The van der Waals surface area contributed by atoms with Crippen LogP contribution in [-0.4, -0.2) is 12.6 Å². The zero-order valence-electron chi connectivity index (χ0n) is 12.5. The van der Waals surface area contributed by atoms with E-state index in [-0.39, 0.29) is 30.7 Å². The maximum atomic E-state index is 12.3. The first-order valence-electron chi connectivity index (χ1n) is 6.69. The smallest absolute Gasteiger partial charge is 1.00 e. The van der Waals surface area contributed by atoms with Gasteiger partial charge < -0.3 is 24.8 Å². The topological polar surface area (TPSA) is 29.1 Å². The molecule has 1 aliphatic carbocycles. The first-order chi connectivity index (χ1) is 9.08. The van der Waals surface area contributed by atoms with Gasteiger partial charge in [0.1, 0.15) is 0 Å². The molecule has 0 aliphatic heterocycles. The number of halogens is 2. The second-order valence-electron chi connectivity index (χ2n) is 5.21. The second kappa shape index (κ2) is 9.65. The van der Waals surface area contributed by atoms with Gasteiger partial charge in [0, 0.05) is 0 Å². The van der Waals surface area contributed by atoms with Crippen molar-refractivity contribution in [2.24, 2.45) is 0 Å². The third-order valence-corrected chi connectivity index (χ3v) is 14.3. The van der Waals surface area contributed by atoms with E-state index in [9.17, 15) is 4.79 Å². The summed E-state index contributed by atoms with van der Waals surface area (Å²) in [6.07, 6.45) is 5.63. The van der Waals surface area contributed by atoms with Gasteiger partial charge in [-0.25, -0.2) is 0 Å². The molecule has 2 nitrogen and oxygen atoms in total. The number of carbonyl (C=O) groups excluding carboxylic acids is 1. The van der Waals surface area contributed by atoms with Crippen LogP contribution in [0.5, 0.6) is 0 Å². The molecule has 1 aliphatic rings. The Bertz CT molecular complexity index is 532. The molecule has 0 fully saturated rings. The maximum absolute atomic E-state index is 12.3. The predicted octanol–water partition coefficient (Wildman–Crippen LogP) is -2.83. The fourth-order valence-electron chi connectivity index (χ4n) is 2.23. The van der Waals surface area contributed by atoms with Crippen LogP contribution in [0.2, 0.25) is 13.1 Å². The van der Waals surface area contributed by atoms with E-state index in [2.05, 4.69) is 36.0 Å². The van der Waals surface area contributed by atoms with Crippen LogP contribution < -0.4 is 28.6 Å². The van der Waals surface area contributed by atoms with E-state index in [1.807, 2.05) is 30.3 Å². The first kappa shape index (κ1) is 20.7. The third-order valence-electron chi connectivity index (χ3n) is 3.25. The molecule has 0 saturated carbocycles. The minimum absolute atomic E-state index is 0. The summed E-state index contributed by atoms with van der Waals surface area (Å²) in [5.41, 5.74) is 2.13. The zero-order chi connectivity index (χ0) is 13.8. The molecule has 2 rings (SSSR count). The monoisotopic (exact) mass is 376 g/mol. The standard InChI is InChI=1S/C7H7NO.C6H7.C2H7Si.2ClH.Ti/c8-7(9)6-4-2-1-3-5-6;1-6-4-2-3-5-6;1-3-2;;;/h1-5H,(H2,8,9);4-5H,2H2,1H3;3H,1-2H3;2*1H;/q;;;;;+3/p-3. The number of hydrogen-bond donors (Lipinski definition) is 1. The molecule has 6 heteroatoms. The van der Waals surface area contributed by atoms with Gasteiger partial charge in [-0.2, -0.15) is 0 Å². The molecule has 113 valence electrons. The molecule has 1 aromatic carbocycles. The Morgan fingerprint density at radius 1 is 1.19 bits per heavy atom. The van der Waals surface area contributed by atoms with Gasteiger partial charge in [-0.05, 0) is 0 Å².